The van der Waals surface area contributed by atoms with E-state index in [0.29, 0.717) is 12.2 Å². The van der Waals surface area contributed by atoms with E-state index in [1.165, 1.54) is 10.4 Å². The fourth-order valence-corrected chi connectivity index (χ4v) is 4.25. The zero-order chi connectivity index (χ0) is 14.9. The third-order valence-corrected chi connectivity index (χ3v) is 5.40. The summed E-state index contributed by atoms with van der Waals surface area (Å²) < 4.78 is 8.06. The Morgan fingerprint density at radius 3 is 2.86 bits per heavy atom. The van der Waals surface area contributed by atoms with Crippen LogP contribution in [0.4, 0.5) is 0 Å². The first kappa shape index (κ1) is 13.6. The number of fused-ring (bicyclic) bond motifs is 1. The van der Waals surface area contributed by atoms with Gasteiger partial charge in [0.2, 0.25) is 0 Å². The highest BCUT2D eigenvalue weighted by molar-refractivity contribution is 7.10. The van der Waals surface area contributed by atoms with Gasteiger partial charge in [0.05, 0.1) is 24.0 Å². The Kier molecular flexibility index (Phi) is 3.48. The van der Waals surface area contributed by atoms with Gasteiger partial charge in [-0.25, -0.2) is 0 Å². The highest BCUT2D eigenvalue weighted by Crippen LogP contribution is 2.38. The maximum absolute atomic E-state index is 12.8. The highest BCUT2D eigenvalue weighted by atomic mass is 32.1. The highest BCUT2D eigenvalue weighted by Gasteiger charge is 2.33. The molecule has 4 nitrogen and oxygen atoms in total. The summed E-state index contributed by atoms with van der Waals surface area (Å²) in [5.74, 6) is -0.0422. The van der Waals surface area contributed by atoms with Gasteiger partial charge >= 0.3 is 0 Å². The molecule has 1 aliphatic rings. The lowest BCUT2D eigenvalue weighted by Gasteiger charge is -2.35. The zero-order valence-electron chi connectivity index (χ0n) is 11.7. The maximum atomic E-state index is 12.8. The van der Waals surface area contributed by atoms with Gasteiger partial charge in [0.15, 0.2) is 5.69 Å². The Hall–Kier alpha value is -2.05. The van der Waals surface area contributed by atoms with E-state index in [1.54, 1.807) is 17.5 Å². The normalized spacial score (nSPS) is 17.3. The third-order valence-electron chi connectivity index (χ3n) is 3.92. The van der Waals surface area contributed by atoms with Gasteiger partial charge in [-0.2, -0.15) is 8.75 Å². The number of carbonyl (C=O) groups excluding carboxylic acids is 1. The molecule has 0 N–H and O–H groups in total. The van der Waals surface area contributed by atoms with Crippen molar-refractivity contribution in [3.05, 3.63) is 69.7 Å². The van der Waals surface area contributed by atoms with E-state index in [1.807, 2.05) is 23.1 Å². The summed E-state index contributed by atoms with van der Waals surface area (Å²) >= 11 is 2.84. The van der Waals surface area contributed by atoms with Crippen LogP contribution in [-0.4, -0.2) is 26.1 Å². The summed E-state index contributed by atoms with van der Waals surface area (Å²) in [6, 6.07) is 12.3. The Labute approximate surface area is 136 Å². The van der Waals surface area contributed by atoms with Gasteiger partial charge in [-0.3, -0.25) is 4.79 Å². The molecule has 0 saturated heterocycles. The molecule has 0 spiro atoms. The molecule has 3 heterocycles. The van der Waals surface area contributed by atoms with Crippen molar-refractivity contribution < 1.29 is 4.79 Å². The summed E-state index contributed by atoms with van der Waals surface area (Å²) in [6.07, 6.45) is 2.46. The molecule has 0 saturated carbocycles. The van der Waals surface area contributed by atoms with Crippen LogP contribution in [0.25, 0.3) is 0 Å². The van der Waals surface area contributed by atoms with Crippen LogP contribution in [0.2, 0.25) is 0 Å². The van der Waals surface area contributed by atoms with Crippen molar-refractivity contribution in [1.82, 2.24) is 13.6 Å². The van der Waals surface area contributed by atoms with Crippen molar-refractivity contribution in [3.8, 4) is 0 Å². The van der Waals surface area contributed by atoms with Crippen molar-refractivity contribution in [1.29, 1.82) is 0 Å². The topological polar surface area (TPSA) is 46.1 Å². The molecule has 0 unspecified atom stereocenters. The predicted octanol–water partition coefficient (Wildman–Crippen LogP) is 3.39. The molecule has 0 radical (unpaired) electrons. The summed E-state index contributed by atoms with van der Waals surface area (Å²) in [5, 5.41) is 2.11. The van der Waals surface area contributed by atoms with Gasteiger partial charge < -0.3 is 4.90 Å². The largest absolute Gasteiger partial charge is 0.326 e. The third kappa shape index (κ3) is 2.24. The number of amides is 1. The van der Waals surface area contributed by atoms with Gasteiger partial charge in [0.25, 0.3) is 5.91 Å². The van der Waals surface area contributed by atoms with Crippen molar-refractivity contribution in [2.75, 3.05) is 6.54 Å². The molecule has 6 heteroatoms. The standard InChI is InChI=1S/C16H13N3OS2/c20-16(13-10-17-22-18-13)19-8-6-14-12(7-9-21-14)15(19)11-4-2-1-3-5-11/h1-5,7,9-10,15H,6,8H2/t15-/m0/s1. The van der Waals surface area contributed by atoms with Crippen LogP contribution in [0.3, 0.4) is 0 Å². The molecule has 22 heavy (non-hydrogen) atoms. The number of nitrogens with zero attached hydrogens (tertiary/aromatic N) is 3. The quantitative estimate of drug-likeness (QED) is 0.725. The van der Waals surface area contributed by atoms with Gasteiger partial charge in [-0.05, 0) is 29.0 Å². The fraction of sp³-hybridized carbons (Fsp3) is 0.188. The van der Waals surface area contributed by atoms with Crippen LogP contribution in [-0.2, 0) is 6.42 Å². The van der Waals surface area contributed by atoms with Crippen LogP contribution in [0.15, 0.2) is 48.0 Å². The molecular formula is C16H13N3OS2. The van der Waals surface area contributed by atoms with Gasteiger partial charge in [-0.15, -0.1) is 11.3 Å². The first-order chi connectivity index (χ1) is 10.8. The SMILES string of the molecule is O=C(c1cnsn1)N1CCc2sccc2[C@@H]1c1ccccc1. The van der Waals surface area contributed by atoms with E-state index in [2.05, 4.69) is 32.3 Å². The fourth-order valence-electron chi connectivity index (χ4n) is 2.94. The lowest BCUT2D eigenvalue weighted by Crippen LogP contribution is -2.40. The van der Waals surface area contributed by atoms with E-state index in [4.69, 9.17) is 0 Å². The van der Waals surface area contributed by atoms with Gasteiger partial charge in [-0.1, -0.05) is 30.3 Å². The Morgan fingerprint density at radius 1 is 1.23 bits per heavy atom. The number of carbonyl (C=O) groups is 1. The van der Waals surface area contributed by atoms with Crippen LogP contribution in [0, 0.1) is 0 Å². The smallest absolute Gasteiger partial charge is 0.276 e. The van der Waals surface area contributed by atoms with Crippen LogP contribution >= 0.6 is 23.1 Å². The molecule has 0 bridgehead atoms. The first-order valence-corrected chi connectivity index (χ1v) is 8.65. The van der Waals surface area contributed by atoms with E-state index in [9.17, 15) is 4.79 Å². The number of thiophene rings is 1. The summed E-state index contributed by atoms with van der Waals surface area (Å²) in [4.78, 5) is 16.1. The van der Waals surface area contributed by atoms with Crippen LogP contribution < -0.4 is 0 Å². The molecule has 2 aromatic heterocycles. The minimum Gasteiger partial charge on any atom is -0.326 e. The molecule has 1 atom stereocenters. The molecular weight excluding hydrogens is 314 g/mol. The molecule has 110 valence electrons. The van der Waals surface area contributed by atoms with E-state index in [0.717, 1.165) is 23.7 Å². The lowest BCUT2D eigenvalue weighted by molar-refractivity contribution is 0.0691. The Balaban J connectivity index is 1.79. The molecule has 4 rings (SSSR count). The molecule has 0 fully saturated rings. The Morgan fingerprint density at radius 2 is 2.09 bits per heavy atom. The first-order valence-electron chi connectivity index (χ1n) is 7.04. The summed E-state index contributed by atoms with van der Waals surface area (Å²) in [5.41, 5.74) is 2.81. The van der Waals surface area contributed by atoms with Crippen LogP contribution in [0.1, 0.15) is 32.5 Å². The minimum absolute atomic E-state index is 0.0367. The number of hydrogen-bond acceptors (Lipinski definition) is 5. The van der Waals surface area contributed by atoms with Crippen LogP contribution in [0.5, 0.6) is 0 Å². The zero-order valence-corrected chi connectivity index (χ0v) is 13.3. The van der Waals surface area contributed by atoms with Crippen molar-refractivity contribution in [2.24, 2.45) is 0 Å². The predicted molar refractivity (Wildman–Crippen MR) is 87.3 cm³/mol. The maximum Gasteiger partial charge on any atom is 0.276 e. The minimum atomic E-state index is -0.0422. The van der Waals surface area contributed by atoms with Crippen molar-refractivity contribution >= 4 is 29.0 Å². The molecule has 1 aliphatic heterocycles. The Bertz CT molecular complexity index is 783. The number of benzene rings is 1. The second-order valence-electron chi connectivity index (χ2n) is 5.15. The average molecular weight is 327 g/mol. The molecule has 0 aliphatic carbocycles. The number of rotatable bonds is 2. The number of hydrogen-bond donors (Lipinski definition) is 0. The van der Waals surface area contributed by atoms with E-state index in [-0.39, 0.29) is 11.9 Å². The second-order valence-corrected chi connectivity index (χ2v) is 6.71. The average Bonchev–Trinajstić information content (AvgIpc) is 3.25. The summed E-state index contributed by atoms with van der Waals surface area (Å²) in [7, 11) is 0. The van der Waals surface area contributed by atoms with Crippen molar-refractivity contribution in [3.63, 3.8) is 0 Å². The second kappa shape index (κ2) is 5.62. The van der Waals surface area contributed by atoms with Crippen molar-refractivity contribution in [2.45, 2.75) is 12.5 Å². The molecule has 1 amide bonds. The lowest BCUT2D eigenvalue weighted by atomic mass is 9.93. The molecule has 3 aromatic rings. The monoisotopic (exact) mass is 327 g/mol. The van der Waals surface area contributed by atoms with Gasteiger partial charge in [0.1, 0.15) is 0 Å². The van der Waals surface area contributed by atoms with E-state index < -0.39 is 0 Å². The van der Waals surface area contributed by atoms with Gasteiger partial charge in [0, 0.05) is 11.4 Å². The number of aromatic nitrogens is 2. The molecule has 1 aromatic carbocycles. The van der Waals surface area contributed by atoms with E-state index >= 15 is 0 Å². The summed E-state index contributed by atoms with van der Waals surface area (Å²) in [6.45, 7) is 0.712.